The van der Waals surface area contributed by atoms with Crippen LogP contribution in [0.3, 0.4) is 0 Å². The van der Waals surface area contributed by atoms with Crippen molar-refractivity contribution in [1.82, 2.24) is 15.0 Å². The van der Waals surface area contributed by atoms with Gasteiger partial charge in [0.1, 0.15) is 17.8 Å². The van der Waals surface area contributed by atoms with Gasteiger partial charge in [0, 0.05) is 19.3 Å². The van der Waals surface area contributed by atoms with E-state index in [1.54, 1.807) is 12.5 Å². The van der Waals surface area contributed by atoms with E-state index in [-0.39, 0.29) is 0 Å². The van der Waals surface area contributed by atoms with Gasteiger partial charge < -0.3 is 15.5 Å². The molecule has 36 heavy (non-hydrogen) atoms. The van der Waals surface area contributed by atoms with Crippen LogP contribution in [0.15, 0.2) is 122 Å². The summed E-state index contributed by atoms with van der Waals surface area (Å²) in [5.74, 6) is 2.10. The number of pyridine rings is 1. The fourth-order valence-electron chi connectivity index (χ4n) is 4.20. The second-order valence-corrected chi connectivity index (χ2v) is 8.52. The summed E-state index contributed by atoms with van der Waals surface area (Å²) in [7, 11) is 0. The molecule has 0 radical (unpaired) electrons. The number of nitrogen functional groups attached to an aromatic ring is 1. The number of rotatable bonds is 9. The molecule has 6 heteroatoms. The van der Waals surface area contributed by atoms with Crippen molar-refractivity contribution in [3.63, 3.8) is 0 Å². The van der Waals surface area contributed by atoms with Crippen LogP contribution in [-0.2, 0) is 19.6 Å². The molecule has 0 unspecified atom stereocenters. The summed E-state index contributed by atoms with van der Waals surface area (Å²) >= 11 is 0. The fraction of sp³-hybridized carbons (Fsp3) is 0.100. The summed E-state index contributed by atoms with van der Waals surface area (Å²) in [6.45, 7) is 1.91. The van der Waals surface area contributed by atoms with Crippen LogP contribution in [0.5, 0.6) is 0 Å². The highest BCUT2D eigenvalue weighted by atomic mass is 15.3. The lowest BCUT2D eigenvalue weighted by Gasteiger charge is -2.29. The van der Waals surface area contributed by atoms with E-state index in [1.165, 1.54) is 11.1 Å². The Morgan fingerprint density at radius 1 is 0.528 bits per heavy atom. The maximum atomic E-state index is 6.85. The van der Waals surface area contributed by atoms with Gasteiger partial charge in [-0.1, -0.05) is 97.1 Å². The van der Waals surface area contributed by atoms with Gasteiger partial charge in [-0.2, -0.15) is 0 Å². The number of nitrogens with two attached hydrogens (primary N) is 1. The van der Waals surface area contributed by atoms with Crippen molar-refractivity contribution >= 4 is 23.1 Å². The first kappa shape index (κ1) is 23.1. The van der Waals surface area contributed by atoms with E-state index in [9.17, 15) is 0 Å². The zero-order chi connectivity index (χ0) is 24.6. The number of hydrogen-bond acceptors (Lipinski definition) is 6. The highest BCUT2D eigenvalue weighted by molar-refractivity contribution is 5.79. The number of aromatic nitrogens is 3. The van der Waals surface area contributed by atoms with E-state index in [0.717, 1.165) is 11.4 Å². The normalized spacial score (nSPS) is 10.7. The van der Waals surface area contributed by atoms with Crippen LogP contribution >= 0.6 is 0 Å². The van der Waals surface area contributed by atoms with Crippen LogP contribution in [0.2, 0.25) is 0 Å². The molecule has 2 heterocycles. The van der Waals surface area contributed by atoms with Crippen LogP contribution in [0.25, 0.3) is 0 Å². The third-order valence-electron chi connectivity index (χ3n) is 5.94. The summed E-state index contributed by atoms with van der Waals surface area (Å²) in [5, 5.41) is 0. The van der Waals surface area contributed by atoms with Crippen molar-refractivity contribution in [2.45, 2.75) is 19.6 Å². The second-order valence-electron chi connectivity index (χ2n) is 8.52. The van der Waals surface area contributed by atoms with E-state index < -0.39 is 0 Å². The second kappa shape index (κ2) is 11.1. The van der Waals surface area contributed by atoms with Crippen LogP contribution in [0.4, 0.5) is 23.1 Å². The molecular formula is C30H28N6. The fourth-order valence-corrected chi connectivity index (χ4v) is 4.20. The van der Waals surface area contributed by atoms with E-state index in [4.69, 9.17) is 5.73 Å². The summed E-state index contributed by atoms with van der Waals surface area (Å²) < 4.78 is 0. The highest BCUT2D eigenvalue weighted by Gasteiger charge is 2.22. The molecule has 0 aliphatic rings. The summed E-state index contributed by atoms with van der Waals surface area (Å²) in [4.78, 5) is 18.1. The first-order chi connectivity index (χ1) is 17.8. The van der Waals surface area contributed by atoms with Gasteiger partial charge in [0.05, 0.1) is 6.54 Å². The minimum Gasteiger partial charge on any atom is -0.393 e. The molecule has 0 amide bonds. The number of benzene rings is 3. The zero-order valence-electron chi connectivity index (χ0n) is 20.0. The van der Waals surface area contributed by atoms with Crippen molar-refractivity contribution in [2.24, 2.45) is 0 Å². The standard InChI is InChI=1S/C30H28N6/c31-28-29(35(20-24-12-4-1-5-13-24)21-25-14-6-2-7-15-25)33-23-34-30(28)36(27-18-10-11-19-32-27)22-26-16-8-3-9-17-26/h1-19,23H,20-22,31H2. The van der Waals surface area contributed by atoms with Crippen molar-refractivity contribution in [3.05, 3.63) is 138 Å². The Labute approximate surface area is 211 Å². The Morgan fingerprint density at radius 3 is 1.56 bits per heavy atom. The lowest BCUT2D eigenvalue weighted by Crippen LogP contribution is -2.26. The maximum absolute atomic E-state index is 6.85. The smallest absolute Gasteiger partial charge is 0.163 e. The average Bonchev–Trinajstić information content (AvgIpc) is 2.94. The minimum atomic E-state index is 0.519. The quantitative estimate of drug-likeness (QED) is 0.284. The molecule has 6 nitrogen and oxygen atoms in total. The first-order valence-electron chi connectivity index (χ1n) is 11.9. The van der Waals surface area contributed by atoms with E-state index in [2.05, 4.69) is 56.3 Å². The van der Waals surface area contributed by atoms with E-state index in [0.29, 0.717) is 37.0 Å². The third kappa shape index (κ3) is 5.50. The Balaban J connectivity index is 1.55. The predicted molar refractivity (Wildman–Crippen MR) is 146 cm³/mol. The Morgan fingerprint density at radius 2 is 1.03 bits per heavy atom. The average molecular weight is 473 g/mol. The molecule has 0 saturated heterocycles. The Kier molecular flexibility index (Phi) is 7.14. The molecule has 0 fully saturated rings. The van der Waals surface area contributed by atoms with Crippen LogP contribution in [0.1, 0.15) is 16.7 Å². The molecule has 178 valence electrons. The van der Waals surface area contributed by atoms with E-state index >= 15 is 0 Å². The molecule has 3 aromatic carbocycles. The molecule has 0 bridgehead atoms. The highest BCUT2D eigenvalue weighted by Crippen LogP contribution is 2.35. The molecule has 2 N–H and O–H groups in total. The predicted octanol–water partition coefficient (Wildman–Crippen LogP) is 6.00. The molecule has 0 saturated carbocycles. The maximum Gasteiger partial charge on any atom is 0.163 e. The summed E-state index contributed by atoms with van der Waals surface area (Å²) in [6.07, 6.45) is 3.37. The van der Waals surface area contributed by atoms with Crippen molar-refractivity contribution in [2.75, 3.05) is 15.5 Å². The number of anilines is 4. The van der Waals surface area contributed by atoms with Crippen molar-refractivity contribution in [3.8, 4) is 0 Å². The van der Waals surface area contributed by atoms with Crippen molar-refractivity contribution < 1.29 is 0 Å². The van der Waals surface area contributed by atoms with Gasteiger partial charge in [0.2, 0.25) is 0 Å². The SMILES string of the molecule is Nc1c(N(Cc2ccccc2)Cc2ccccc2)ncnc1N(Cc1ccccc1)c1ccccn1. The molecule has 0 spiro atoms. The molecule has 0 aliphatic heterocycles. The first-order valence-corrected chi connectivity index (χ1v) is 11.9. The summed E-state index contributed by atoms with van der Waals surface area (Å²) in [5.41, 5.74) is 10.9. The van der Waals surface area contributed by atoms with E-state index in [1.807, 2.05) is 77.7 Å². The zero-order valence-corrected chi connectivity index (χ0v) is 20.0. The molecule has 0 atom stereocenters. The van der Waals surface area contributed by atoms with Gasteiger partial charge in [-0.3, -0.25) is 0 Å². The lowest BCUT2D eigenvalue weighted by molar-refractivity contribution is 0.780. The van der Waals surface area contributed by atoms with Gasteiger partial charge in [0.25, 0.3) is 0 Å². The van der Waals surface area contributed by atoms with Gasteiger partial charge in [-0.05, 0) is 28.8 Å². The minimum absolute atomic E-state index is 0.519. The largest absolute Gasteiger partial charge is 0.393 e. The monoisotopic (exact) mass is 472 g/mol. The molecular weight excluding hydrogens is 444 g/mol. The Bertz CT molecular complexity index is 1320. The number of hydrogen-bond donors (Lipinski definition) is 1. The van der Waals surface area contributed by atoms with Gasteiger partial charge in [0.15, 0.2) is 11.6 Å². The molecule has 0 aliphatic carbocycles. The Hall–Kier alpha value is -4.71. The molecule has 5 aromatic rings. The van der Waals surface area contributed by atoms with Gasteiger partial charge in [-0.15, -0.1) is 0 Å². The van der Waals surface area contributed by atoms with Crippen LogP contribution < -0.4 is 15.5 Å². The number of nitrogens with zero attached hydrogens (tertiary/aromatic N) is 5. The topological polar surface area (TPSA) is 71.2 Å². The lowest BCUT2D eigenvalue weighted by atomic mass is 10.1. The van der Waals surface area contributed by atoms with Crippen LogP contribution in [0, 0.1) is 0 Å². The molecule has 2 aromatic heterocycles. The van der Waals surface area contributed by atoms with Gasteiger partial charge >= 0.3 is 0 Å². The molecule has 5 rings (SSSR count). The van der Waals surface area contributed by atoms with Gasteiger partial charge in [-0.25, -0.2) is 15.0 Å². The van der Waals surface area contributed by atoms with Crippen molar-refractivity contribution in [1.29, 1.82) is 0 Å². The summed E-state index contributed by atoms with van der Waals surface area (Å²) in [6, 6.07) is 36.8. The third-order valence-corrected chi connectivity index (χ3v) is 5.94. The van der Waals surface area contributed by atoms with Crippen LogP contribution in [-0.4, -0.2) is 15.0 Å².